The van der Waals surface area contributed by atoms with Gasteiger partial charge in [0.15, 0.2) is 0 Å². The van der Waals surface area contributed by atoms with Crippen molar-refractivity contribution in [3.63, 3.8) is 0 Å². The summed E-state index contributed by atoms with van der Waals surface area (Å²) < 4.78 is 1.34. The number of aliphatic hydroxyl groups is 1. The Morgan fingerprint density at radius 1 is 1.64 bits per heavy atom. The highest BCUT2D eigenvalue weighted by Gasteiger charge is 2.16. The lowest BCUT2D eigenvalue weighted by Crippen LogP contribution is -2.34. The fourth-order valence-corrected chi connectivity index (χ4v) is 2.88. The topological polar surface area (TPSA) is 46.2 Å². The molecule has 3 N–H and O–H groups in total. The molecule has 0 saturated carbocycles. The van der Waals surface area contributed by atoms with Gasteiger partial charge < -0.3 is 10.8 Å². The fourth-order valence-electron chi connectivity index (χ4n) is 1.07. The second-order valence-electron chi connectivity index (χ2n) is 3.59. The molecule has 14 heavy (non-hydrogen) atoms. The summed E-state index contributed by atoms with van der Waals surface area (Å²) in [6.45, 7) is 2.14. The molecule has 0 aromatic carbocycles. The third kappa shape index (κ3) is 4.46. The average molecular weight is 231 g/mol. The van der Waals surface area contributed by atoms with E-state index in [0.29, 0.717) is 6.54 Å². The second-order valence-corrected chi connectivity index (χ2v) is 5.93. The maximum Gasteiger partial charge on any atom is 0.0741 e. The molecule has 0 aliphatic carbocycles. The number of rotatable bonds is 6. The number of thiophene rings is 1. The highest BCUT2D eigenvalue weighted by atomic mass is 32.2. The zero-order valence-corrected chi connectivity index (χ0v) is 10.0. The Kier molecular flexibility index (Phi) is 4.95. The molecule has 0 radical (unpaired) electrons. The first kappa shape index (κ1) is 12.0. The zero-order valence-electron chi connectivity index (χ0n) is 8.40. The molecule has 0 spiro atoms. The summed E-state index contributed by atoms with van der Waals surface area (Å²) in [4.78, 5) is 0. The Hall–Kier alpha value is -0.0300. The average Bonchev–Trinajstić information content (AvgIpc) is 2.65. The third-order valence-electron chi connectivity index (χ3n) is 2.04. The molecule has 1 atom stereocenters. The Balaban J connectivity index is 2.11. The van der Waals surface area contributed by atoms with Crippen LogP contribution in [0.4, 0.5) is 0 Å². The second kappa shape index (κ2) is 5.75. The van der Waals surface area contributed by atoms with Gasteiger partial charge in [-0.25, -0.2) is 0 Å². The molecule has 0 aliphatic rings. The van der Waals surface area contributed by atoms with Gasteiger partial charge in [0.25, 0.3) is 0 Å². The van der Waals surface area contributed by atoms with Crippen molar-refractivity contribution >= 4 is 23.1 Å². The quantitative estimate of drug-likeness (QED) is 0.583. The summed E-state index contributed by atoms with van der Waals surface area (Å²) >= 11 is 3.61. The summed E-state index contributed by atoms with van der Waals surface area (Å²) in [6.07, 6.45) is 1.79. The van der Waals surface area contributed by atoms with Crippen LogP contribution in [0.15, 0.2) is 21.7 Å². The summed E-state index contributed by atoms with van der Waals surface area (Å²) in [5.41, 5.74) is 4.74. The third-order valence-corrected chi connectivity index (χ3v) is 4.26. The van der Waals surface area contributed by atoms with E-state index in [0.717, 1.165) is 18.6 Å². The minimum absolute atomic E-state index is 0.344. The highest BCUT2D eigenvalue weighted by Crippen LogP contribution is 2.25. The smallest absolute Gasteiger partial charge is 0.0741 e. The molecule has 1 aromatic heterocycles. The SMILES string of the molecule is CC(O)(CN)CCCSc1cccs1. The van der Waals surface area contributed by atoms with Crippen molar-refractivity contribution in [2.45, 2.75) is 29.6 Å². The van der Waals surface area contributed by atoms with Gasteiger partial charge in [-0.3, -0.25) is 0 Å². The van der Waals surface area contributed by atoms with Crippen molar-refractivity contribution in [2.75, 3.05) is 12.3 Å². The number of hydrogen-bond donors (Lipinski definition) is 2. The van der Waals surface area contributed by atoms with Gasteiger partial charge in [0.1, 0.15) is 0 Å². The van der Waals surface area contributed by atoms with E-state index in [-0.39, 0.29) is 0 Å². The summed E-state index contributed by atoms with van der Waals surface area (Å²) in [7, 11) is 0. The van der Waals surface area contributed by atoms with Crippen LogP contribution in [0.1, 0.15) is 19.8 Å². The lowest BCUT2D eigenvalue weighted by atomic mass is 10.0. The molecule has 2 nitrogen and oxygen atoms in total. The first-order valence-electron chi connectivity index (χ1n) is 4.73. The minimum atomic E-state index is -0.685. The van der Waals surface area contributed by atoms with Crippen molar-refractivity contribution in [1.29, 1.82) is 0 Å². The molecule has 0 bridgehead atoms. The number of nitrogens with two attached hydrogens (primary N) is 1. The summed E-state index contributed by atoms with van der Waals surface area (Å²) in [6, 6.07) is 4.18. The molecule has 0 amide bonds. The van der Waals surface area contributed by atoms with E-state index in [9.17, 15) is 5.11 Å². The molecule has 0 saturated heterocycles. The largest absolute Gasteiger partial charge is 0.389 e. The van der Waals surface area contributed by atoms with Crippen molar-refractivity contribution in [2.24, 2.45) is 5.73 Å². The molecule has 4 heteroatoms. The van der Waals surface area contributed by atoms with E-state index in [2.05, 4.69) is 17.5 Å². The van der Waals surface area contributed by atoms with E-state index in [1.807, 2.05) is 11.8 Å². The van der Waals surface area contributed by atoms with E-state index in [1.54, 1.807) is 18.3 Å². The van der Waals surface area contributed by atoms with Gasteiger partial charge in [0.05, 0.1) is 9.81 Å². The Bertz CT molecular complexity index is 247. The normalized spacial score (nSPS) is 15.4. The molecule has 1 unspecified atom stereocenters. The van der Waals surface area contributed by atoms with Gasteiger partial charge in [-0.1, -0.05) is 6.07 Å². The van der Waals surface area contributed by atoms with Crippen LogP contribution in [0.25, 0.3) is 0 Å². The predicted molar refractivity (Wildman–Crippen MR) is 64.0 cm³/mol. The van der Waals surface area contributed by atoms with Crippen LogP contribution in [-0.2, 0) is 0 Å². The lowest BCUT2D eigenvalue weighted by Gasteiger charge is -2.20. The van der Waals surface area contributed by atoms with E-state index in [1.165, 1.54) is 4.21 Å². The Labute approximate surface area is 93.5 Å². The fraction of sp³-hybridized carbons (Fsp3) is 0.600. The van der Waals surface area contributed by atoms with E-state index in [4.69, 9.17) is 5.73 Å². The highest BCUT2D eigenvalue weighted by molar-refractivity contribution is 8.01. The van der Waals surface area contributed by atoms with Crippen molar-refractivity contribution in [3.05, 3.63) is 17.5 Å². The van der Waals surface area contributed by atoms with Crippen LogP contribution in [0, 0.1) is 0 Å². The van der Waals surface area contributed by atoms with E-state index >= 15 is 0 Å². The standard InChI is InChI=1S/C10H17NOS2/c1-10(12,8-11)5-3-7-14-9-4-2-6-13-9/h2,4,6,12H,3,5,7-8,11H2,1H3. The summed E-state index contributed by atoms with van der Waals surface area (Å²) in [5.74, 6) is 1.05. The van der Waals surface area contributed by atoms with Crippen LogP contribution < -0.4 is 5.73 Å². The zero-order chi connectivity index (χ0) is 10.4. The Morgan fingerprint density at radius 2 is 2.43 bits per heavy atom. The molecule has 0 aliphatic heterocycles. The first-order valence-corrected chi connectivity index (χ1v) is 6.59. The van der Waals surface area contributed by atoms with Crippen LogP contribution in [-0.4, -0.2) is 23.0 Å². The predicted octanol–water partition coefficient (Wildman–Crippen LogP) is 2.33. The van der Waals surface area contributed by atoms with Gasteiger partial charge in [-0.05, 0) is 37.0 Å². The van der Waals surface area contributed by atoms with Gasteiger partial charge in [-0.2, -0.15) is 0 Å². The van der Waals surface area contributed by atoms with Crippen molar-refractivity contribution in [3.8, 4) is 0 Å². The molecule has 80 valence electrons. The van der Waals surface area contributed by atoms with Crippen molar-refractivity contribution in [1.82, 2.24) is 0 Å². The van der Waals surface area contributed by atoms with Crippen LogP contribution in [0.2, 0.25) is 0 Å². The van der Waals surface area contributed by atoms with Crippen LogP contribution >= 0.6 is 23.1 Å². The molecule has 1 rings (SSSR count). The molecule has 1 heterocycles. The molecule has 0 fully saturated rings. The molecular formula is C10H17NOS2. The Morgan fingerprint density at radius 3 is 3.00 bits per heavy atom. The molecule has 1 aromatic rings. The maximum atomic E-state index is 9.65. The maximum absolute atomic E-state index is 9.65. The van der Waals surface area contributed by atoms with Gasteiger partial charge in [0.2, 0.25) is 0 Å². The van der Waals surface area contributed by atoms with Gasteiger partial charge >= 0.3 is 0 Å². The monoisotopic (exact) mass is 231 g/mol. The lowest BCUT2D eigenvalue weighted by molar-refractivity contribution is 0.0596. The molecular weight excluding hydrogens is 214 g/mol. The summed E-state index contributed by atoms with van der Waals surface area (Å²) in [5, 5.41) is 11.7. The van der Waals surface area contributed by atoms with E-state index < -0.39 is 5.60 Å². The number of thioether (sulfide) groups is 1. The minimum Gasteiger partial charge on any atom is -0.389 e. The van der Waals surface area contributed by atoms with Gasteiger partial charge in [-0.15, -0.1) is 23.1 Å². The first-order chi connectivity index (χ1) is 6.64. The van der Waals surface area contributed by atoms with Crippen LogP contribution in [0.5, 0.6) is 0 Å². The van der Waals surface area contributed by atoms with Crippen LogP contribution in [0.3, 0.4) is 0 Å². The van der Waals surface area contributed by atoms with Gasteiger partial charge in [0, 0.05) is 6.54 Å². The van der Waals surface area contributed by atoms with Crippen molar-refractivity contribution < 1.29 is 5.11 Å². The number of hydrogen-bond acceptors (Lipinski definition) is 4.